The lowest BCUT2D eigenvalue weighted by Crippen LogP contribution is -2.44. The normalized spacial score (nSPS) is 21.8. The molecule has 2 aliphatic carbocycles. The number of nitrogens with zero attached hydrogens (tertiary/aromatic N) is 1. The van der Waals surface area contributed by atoms with Crippen LogP contribution in [0, 0.1) is 0 Å². The second-order valence-corrected chi connectivity index (χ2v) is 8.02. The molecule has 7 heteroatoms. The summed E-state index contributed by atoms with van der Waals surface area (Å²) in [4.78, 5) is 14.8. The molecule has 3 aliphatic rings. The number of rotatable bonds is 3. The van der Waals surface area contributed by atoms with Gasteiger partial charge in [-0.05, 0) is 50.0 Å². The third kappa shape index (κ3) is 2.85. The van der Waals surface area contributed by atoms with Crippen LogP contribution in [-0.4, -0.2) is 27.0 Å². The van der Waals surface area contributed by atoms with E-state index in [4.69, 9.17) is 0 Å². The molecule has 0 radical (unpaired) electrons. The molecular formula is C17H19N3O3S. The van der Waals surface area contributed by atoms with Crippen molar-refractivity contribution in [2.24, 2.45) is 0 Å². The molecule has 2 N–H and O–H groups in total. The Balaban J connectivity index is 1.66. The van der Waals surface area contributed by atoms with E-state index in [9.17, 15) is 13.2 Å². The fraction of sp³-hybridized carbons (Fsp3) is 0.353. The highest BCUT2D eigenvalue weighted by molar-refractivity contribution is 7.89. The third-order valence-electron chi connectivity index (χ3n) is 4.49. The minimum atomic E-state index is -3.50. The predicted octanol–water partition coefficient (Wildman–Crippen LogP) is 1.87. The molecule has 1 aromatic carbocycles. The molecule has 126 valence electrons. The highest BCUT2D eigenvalue weighted by Crippen LogP contribution is 2.37. The van der Waals surface area contributed by atoms with Gasteiger partial charge in [-0.2, -0.15) is 4.72 Å². The van der Waals surface area contributed by atoms with Crippen LogP contribution in [0.3, 0.4) is 0 Å². The van der Waals surface area contributed by atoms with Crippen LogP contribution in [0.2, 0.25) is 0 Å². The lowest BCUT2D eigenvalue weighted by atomic mass is 10.1. The minimum absolute atomic E-state index is 0.220. The standard InChI is InChI=1S/C17H19N3O3S/c21-17(19-13-4-2-1-3-5-13)12-6-9-16-15(10-12)20(14-7-8-14)11-18-24(16,22)23/h2,4-6,9-10,14,18H,1,3,7-8,11H2,(H,19,21). The molecule has 1 saturated carbocycles. The monoisotopic (exact) mass is 345 g/mol. The topological polar surface area (TPSA) is 78.5 Å². The summed E-state index contributed by atoms with van der Waals surface area (Å²) in [5, 5.41) is 2.87. The average Bonchev–Trinajstić information content (AvgIpc) is 3.40. The molecule has 1 heterocycles. The zero-order chi connectivity index (χ0) is 16.7. The maximum Gasteiger partial charge on any atom is 0.255 e. The summed E-state index contributed by atoms with van der Waals surface area (Å²) in [5.41, 5.74) is 1.88. The molecule has 24 heavy (non-hydrogen) atoms. The fourth-order valence-corrected chi connectivity index (χ4v) is 4.21. The maximum absolute atomic E-state index is 12.5. The molecule has 1 fully saturated rings. The van der Waals surface area contributed by atoms with E-state index < -0.39 is 10.0 Å². The van der Waals surface area contributed by atoms with E-state index in [-0.39, 0.29) is 17.5 Å². The van der Waals surface area contributed by atoms with Crippen LogP contribution in [0.4, 0.5) is 5.69 Å². The van der Waals surface area contributed by atoms with Crippen molar-refractivity contribution in [3.8, 4) is 0 Å². The van der Waals surface area contributed by atoms with Gasteiger partial charge in [0.05, 0.1) is 12.4 Å². The Kier molecular flexibility index (Phi) is 3.69. The first-order valence-electron chi connectivity index (χ1n) is 8.13. The summed E-state index contributed by atoms with van der Waals surface area (Å²) in [5.74, 6) is -0.220. The number of benzene rings is 1. The average molecular weight is 345 g/mol. The molecule has 6 nitrogen and oxygen atoms in total. The molecule has 0 spiro atoms. The van der Waals surface area contributed by atoms with Gasteiger partial charge in [-0.1, -0.05) is 12.2 Å². The number of amides is 1. The lowest BCUT2D eigenvalue weighted by Gasteiger charge is -2.31. The Morgan fingerprint density at radius 2 is 2.08 bits per heavy atom. The predicted molar refractivity (Wildman–Crippen MR) is 91.1 cm³/mol. The molecule has 4 rings (SSSR count). The van der Waals surface area contributed by atoms with Crippen LogP contribution in [-0.2, 0) is 10.0 Å². The van der Waals surface area contributed by atoms with E-state index in [1.165, 1.54) is 6.07 Å². The van der Waals surface area contributed by atoms with Crippen LogP contribution >= 0.6 is 0 Å². The Labute approximate surface area is 141 Å². The van der Waals surface area contributed by atoms with E-state index in [2.05, 4.69) is 10.0 Å². The number of hydrogen-bond donors (Lipinski definition) is 2. The minimum Gasteiger partial charge on any atom is -0.354 e. The van der Waals surface area contributed by atoms with Gasteiger partial charge in [-0.25, -0.2) is 8.42 Å². The van der Waals surface area contributed by atoms with Gasteiger partial charge in [0.2, 0.25) is 10.0 Å². The number of hydrogen-bond acceptors (Lipinski definition) is 4. The van der Waals surface area contributed by atoms with E-state index in [0.29, 0.717) is 17.3 Å². The van der Waals surface area contributed by atoms with Crippen molar-refractivity contribution < 1.29 is 13.2 Å². The first-order chi connectivity index (χ1) is 11.5. The van der Waals surface area contributed by atoms with Gasteiger partial charge in [-0.3, -0.25) is 4.79 Å². The molecule has 0 atom stereocenters. The van der Waals surface area contributed by atoms with Gasteiger partial charge in [-0.15, -0.1) is 0 Å². The Morgan fingerprint density at radius 3 is 2.79 bits per heavy atom. The van der Waals surface area contributed by atoms with Crippen molar-refractivity contribution in [3.05, 3.63) is 47.7 Å². The second kappa shape index (κ2) is 5.75. The molecule has 0 saturated heterocycles. The summed E-state index contributed by atoms with van der Waals surface area (Å²) in [6.45, 7) is 0.263. The van der Waals surface area contributed by atoms with Gasteiger partial charge in [0.15, 0.2) is 0 Å². The van der Waals surface area contributed by atoms with Crippen molar-refractivity contribution in [2.45, 2.75) is 36.6 Å². The highest BCUT2D eigenvalue weighted by Gasteiger charge is 2.36. The number of sulfonamides is 1. The van der Waals surface area contributed by atoms with Gasteiger partial charge >= 0.3 is 0 Å². The van der Waals surface area contributed by atoms with Crippen LogP contribution in [0.5, 0.6) is 0 Å². The van der Waals surface area contributed by atoms with Crippen molar-refractivity contribution in [2.75, 3.05) is 11.6 Å². The van der Waals surface area contributed by atoms with Crippen LogP contribution in [0.15, 0.2) is 47.0 Å². The van der Waals surface area contributed by atoms with Crippen LogP contribution < -0.4 is 14.9 Å². The van der Waals surface area contributed by atoms with Gasteiger partial charge in [0, 0.05) is 17.3 Å². The summed E-state index contributed by atoms with van der Waals surface area (Å²) >= 11 is 0. The lowest BCUT2D eigenvalue weighted by molar-refractivity contribution is 0.0967. The van der Waals surface area contributed by atoms with Crippen molar-refractivity contribution in [3.63, 3.8) is 0 Å². The van der Waals surface area contributed by atoms with Crippen molar-refractivity contribution in [1.29, 1.82) is 0 Å². The Hall–Kier alpha value is -2.12. The van der Waals surface area contributed by atoms with E-state index >= 15 is 0 Å². The number of carbonyl (C=O) groups is 1. The Bertz CT molecular complexity index is 854. The molecule has 1 aromatic rings. The molecule has 0 unspecified atom stereocenters. The summed E-state index contributed by atoms with van der Waals surface area (Å²) < 4.78 is 27.0. The molecule has 0 bridgehead atoms. The molecular weight excluding hydrogens is 326 g/mol. The summed E-state index contributed by atoms with van der Waals surface area (Å²) in [7, 11) is -3.50. The first-order valence-corrected chi connectivity index (χ1v) is 9.61. The van der Waals surface area contributed by atoms with Gasteiger partial charge in [0.1, 0.15) is 4.90 Å². The molecule has 1 aliphatic heterocycles. The van der Waals surface area contributed by atoms with Crippen LogP contribution in [0.25, 0.3) is 0 Å². The number of anilines is 1. The second-order valence-electron chi connectivity index (χ2n) is 6.28. The number of nitrogens with one attached hydrogen (secondary N) is 2. The quantitative estimate of drug-likeness (QED) is 0.877. The number of carbonyl (C=O) groups excluding carboxylic acids is 1. The number of allylic oxidation sites excluding steroid dienone is 3. The van der Waals surface area contributed by atoms with E-state index in [1.54, 1.807) is 12.1 Å². The zero-order valence-corrected chi connectivity index (χ0v) is 14.0. The molecule has 1 amide bonds. The fourth-order valence-electron chi connectivity index (χ4n) is 3.05. The van der Waals surface area contributed by atoms with E-state index in [1.807, 2.05) is 23.1 Å². The maximum atomic E-state index is 12.5. The van der Waals surface area contributed by atoms with Crippen molar-refractivity contribution >= 4 is 21.6 Å². The SMILES string of the molecule is O=C(NC1=CCCC=C1)c1ccc2c(c1)N(C1CC1)CNS2(=O)=O. The summed E-state index contributed by atoms with van der Waals surface area (Å²) in [6, 6.07) is 5.13. The van der Waals surface area contributed by atoms with Crippen LogP contribution in [0.1, 0.15) is 36.0 Å². The van der Waals surface area contributed by atoms with Crippen molar-refractivity contribution in [1.82, 2.24) is 10.0 Å². The third-order valence-corrected chi connectivity index (χ3v) is 5.92. The Morgan fingerprint density at radius 1 is 1.25 bits per heavy atom. The summed E-state index contributed by atoms with van der Waals surface area (Å²) in [6.07, 6.45) is 9.90. The first kappa shape index (κ1) is 15.4. The highest BCUT2D eigenvalue weighted by atomic mass is 32.2. The zero-order valence-electron chi connectivity index (χ0n) is 13.2. The van der Waals surface area contributed by atoms with Gasteiger partial charge in [0.25, 0.3) is 5.91 Å². The molecule has 0 aromatic heterocycles. The van der Waals surface area contributed by atoms with E-state index in [0.717, 1.165) is 31.4 Å². The number of fused-ring (bicyclic) bond motifs is 1. The van der Waals surface area contributed by atoms with Gasteiger partial charge < -0.3 is 10.2 Å². The smallest absolute Gasteiger partial charge is 0.255 e. The largest absolute Gasteiger partial charge is 0.354 e.